The van der Waals surface area contributed by atoms with E-state index < -0.39 is 0 Å². The molecule has 1 aromatic heterocycles. The molecular formula is C14H17Cl2N3. The van der Waals surface area contributed by atoms with E-state index in [0.29, 0.717) is 10.0 Å². The Balaban J connectivity index is 2.45. The molecule has 1 N–H and O–H groups in total. The zero-order chi connectivity index (χ0) is 13.8. The molecular weight excluding hydrogens is 281 g/mol. The summed E-state index contributed by atoms with van der Waals surface area (Å²) in [5.41, 5.74) is 2.12. The molecule has 1 heterocycles. The van der Waals surface area contributed by atoms with Gasteiger partial charge in [-0.25, -0.2) is 0 Å². The van der Waals surface area contributed by atoms with Crippen molar-refractivity contribution < 1.29 is 0 Å². The minimum atomic E-state index is 0.0252. The fourth-order valence-corrected chi connectivity index (χ4v) is 2.68. The summed E-state index contributed by atoms with van der Waals surface area (Å²) in [6.07, 6.45) is 1.81. The van der Waals surface area contributed by atoms with Crippen LogP contribution >= 0.6 is 23.2 Å². The smallest absolute Gasteiger partial charge is 0.0762 e. The summed E-state index contributed by atoms with van der Waals surface area (Å²) in [6.45, 7) is 5.82. The van der Waals surface area contributed by atoms with Gasteiger partial charge in [0.15, 0.2) is 0 Å². The lowest BCUT2D eigenvalue weighted by Gasteiger charge is -2.20. The molecule has 1 atom stereocenters. The van der Waals surface area contributed by atoms with E-state index in [-0.39, 0.29) is 6.04 Å². The van der Waals surface area contributed by atoms with E-state index in [2.05, 4.69) is 24.3 Å². The van der Waals surface area contributed by atoms with Crippen molar-refractivity contribution in [2.45, 2.75) is 26.4 Å². The van der Waals surface area contributed by atoms with Crippen molar-refractivity contribution in [2.24, 2.45) is 0 Å². The van der Waals surface area contributed by atoms with Gasteiger partial charge in [-0.2, -0.15) is 5.10 Å². The number of halogens is 2. The highest BCUT2D eigenvalue weighted by Crippen LogP contribution is 2.30. The van der Waals surface area contributed by atoms with Crippen molar-refractivity contribution in [3.05, 3.63) is 51.8 Å². The second kappa shape index (κ2) is 6.42. The Bertz CT molecular complexity index is 551. The van der Waals surface area contributed by atoms with Crippen molar-refractivity contribution in [3.63, 3.8) is 0 Å². The first-order valence-corrected chi connectivity index (χ1v) is 7.13. The van der Waals surface area contributed by atoms with Gasteiger partial charge in [0.1, 0.15) is 0 Å². The Morgan fingerprint density at radius 1 is 1.26 bits per heavy atom. The largest absolute Gasteiger partial charge is 0.305 e. The van der Waals surface area contributed by atoms with Crippen LogP contribution in [0.4, 0.5) is 0 Å². The van der Waals surface area contributed by atoms with E-state index in [9.17, 15) is 0 Å². The quantitative estimate of drug-likeness (QED) is 0.907. The summed E-state index contributed by atoms with van der Waals surface area (Å²) >= 11 is 12.3. The van der Waals surface area contributed by atoms with Crippen LogP contribution in [0.5, 0.6) is 0 Å². The second-order valence-corrected chi connectivity index (χ2v) is 5.07. The van der Waals surface area contributed by atoms with Crippen molar-refractivity contribution >= 4 is 23.2 Å². The number of rotatable bonds is 5. The molecule has 5 heteroatoms. The number of aryl methyl sites for hydroxylation is 1. The van der Waals surface area contributed by atoms with Crippen LogP contribution in [0, 0.1) is 0 Å². The molecule has 102 valence electrons. The van der Waals surface area contributed by atoms with E-state index in [0.717, 1.165) is 24.3 Å². The normalized spacial score (nSPS) is 12.6. The van der Waals surface area contributed by atoms with Gasteiger partial charge in [-0.3, -0.25) is 4.68 Å². The van der Waals surface area contributed by atoms with Gasteiger partial charge in [0.25, 0.3) is 0 Å². The van der Waals surface area contributed by atoms with Gasteiger partial charge in [-0.1, -0.05) is 36.2 Å². The van der Waals surface area contributed by atoms with Crippen LogP contribution in [-0.2, 0) is 6.54 Å². The van der Waals surface area contributed by atoms with Crippen molar-refractivity contribution in [3.8, 4) is 0 Å². The van der Waals surface area contributed by atoms with Gasteiger partial charge in [-0.15, -0.1) is 0 Å². The van der Waals surface area contributed by atoms with Crippen LogP contribution in [0.2, 0.25) is 10.0 Å². The minimum absolute atomic E-state index is 0.0252. The molecule has 0 radical (unpaired) electrons. The molecule has 0 aliphatic rings. The Morgan fingerprint density at radius 3 is 2.68 bits per heavy atom. The Labute approximate surface area is 123 Å². The Hall–Kier alpha value is -1.03. The van der Waals surface area contributed by atoms with Crippen LogP contribution in [0.25, 0.3) is 0 Å². The lowest BCUT2D eigenvalue weighted by atomic mass is 10.0. The fraction of sp³-hybridized carbons (Fsp3) is 0.357. The standard InChI is InChI=1S/C14H17Cl2N3/c1-3-17-14(13-7-8-18-19(13)4-2)11-6-5-10(15)9-12(11)16/h5-9,14,17H,3-4H2,1-2H3. The van der Waals surface area contributed by atoms with Crippen LogP contribution in [0.15, 0.2) is 30.5 Å². The molecule has 2 aromatic rings. The van der Waals surface area contributed by atoms with E-state index in [4.69, 9.17) is 23.2 Å². The van der Waals surface area contributed by atoms with Crippen LogP contribution in [0.1, 0.15) is 31.1 Å². The van der Waals surface area contributed by atoms with Crippen molar-refractivity contribution in [2.75, 3.05) is 6.54 Å². The monoisotopic (exact) mass is 297 g/mol. The number of aromatic nitrogens is 2. The molecule has 0 saturated heterocycles. The third kappa shape index (κ3) is 3.11. The summed E-state index contributed by atoms with van der Waals surface area (Å²) in [7, 11) is 0. The van der Waals surface area contributed by atoms with Crippen LogP contribution in [0.3, 0.4) is 0 Å². The molecule has 0 amide bonds. The molecule has 19 heavy (non-hydrogen) atoms. The first-order chi connectivity index (χ1) is 9.17. The molecule has 0 saturated carbocycles. The molecule has 1 aromatic carbocycles. The first-order valence-electron chi connectivity index (χ1n) is 6.37. The summed E-state index contributed by atoms with van der Waals surface area (Å²) in [6, 6.07) is 7.64. The van der Waals surface area contributed by atoms with Gasteiger partial charge >= 0.3 is 0 Å². The van der Waals surface area contributed by atoms with Crippen molar-refractivity contribution in [1.29, 1.82) is 0 Å². The van der Waals surface area contributed by atoms with Crippen LogP contribution in [-0.4, -0.2) is 16.3 Å². The summed E-state index contributed by atoms with van der Waals surface area (Å²) in [5, 5.41) is 9.08. The number of hydrogen-bond donors (Lipinski definition) is 1. The zero-order valence-corrected chi connectivity index (χ0v) is 12.5. The maximum Gasteiger partial charge on any atom is 0.0762 e. The SMILES string of the molecule is CCNC(c1ccc(Cl)cc1Cl)c1ccnn1CC. The molecule has 1 unspecified atom stereocenters. The van der Waals surface area contributed by atoms with Gasteiger partial charge in [0.05, 0.1) is 11.7 Å². The number of benzene rings is 1. The van der Waals surface area contributed by atoms with Crippen molar-refractivity contribution in [1.82, 2.24) is 15.1 Å². The maximum atomic E-state index is 6.32. The molecule has 2 rings (SSSR count). The average Bonchev–Trinajstić information content (AvgIpc) is 2.85. The average molecular weight is 298 g/mol. The highest BCUT2D eigenvalue weighted by Gasteiger charge is 2.19. The zero-order valence-electron chi connectivity index (χ0n) is 11.0. The molecule has 3 nitrogen and oxygen atoms in total. The number of nitrogens with zero attached hydrogens (tertiary/aromatic N) is 2. The maximum absolute atomic E-state index is 6.32. The minimum Gasteiger partial charge on any atom is -0.305 e. The lowest BCUT2D eigenvalue weighted by Crippen LogP contribution is -2.25. The van der Waals surface area contributed by atoms with Gasteiger partial charge in [0, 0.05) is 22.8 Å². The lowest BCUT2D eigenvalue weighted by molar-refractivity contribution is 0.542. The van der Waals surface area contributed by atoms with E-state index >= 15 is 0 Å². The first kappa shape index (κ1) is 14.4. The molecule has 0 spiro atoms. The summed E-state index contributed by atoms with van der Waals surface area (Å²) < 4.78 is 1.97. The number of hydrogen-bond acceptors (Lipinski definition) is 2. The highest BCUT2D eigenvalue weighted by atomic mass is 35.5. The number of nitrogens with one attached hydrogen (secondary N) is 1. The third-order valence-electron chi connectivity index (χ3n) is 3.03. The Morgan fingerprint density at radius 2 is 2.05 bits per heavy atom. The fourth-order valence-electron chi connectivity index (χ4n) is 2.17. The van der Waals surface area contributed by atoms with Gasteiger partial charge in [-0.05, 0) is 37.2 Å². The van der Waals surface area contributed by atoms with E-state index in [1.807, 2.05) is 29.1 Å². The molecule has 0 aliphatic carbocycles. The highest BCUT2D eigenvalue weighted by molar-refractivity contribution is 6.35. The third-order valence-corrected chi connectivity index (χ3v) is 3.59. The van der Waals surface area contributed by atoms with E-state index in [1.165, 1.54) is 0 Å². The molecule has 0 fully saturated rings. The van der Waals surface area contributed by atoms with Gasteiger partial charge < -0.3 is 5.32 Å². The van der Waals surface area contributed by atoms with E-state index in [1.54, 1.807) is 6.07 Å². The topological polar surface area (TPSA) is 29.9 Å². The van der Waals surface area contributed by atoms with Crippen LogP contribution < -0.4 is 5.32 Å². The predicted molar refractivity (Wildman–Crippen MR) is 79.9 cm³/mol. The summed E-state index contributed by atoms with van der Waals surface area (Å²) in [5.74, 6) is 0. The predicted octanol–water partition coefficient (Wildman–Crippen LogP) is 3.91. The Kier molecular flexibility index (Phi) is 4.86. The van der Waals surface area contributed by atoms with Gasteiger partial charge in [0.2, 0.25) is 0 Å². The second-order valence-electron chi connectivity index (χ2n) is 4.23. The molecule has 0 bridgehead atoms. The summed E-state index contributed by atoms with van der Waals surface area (Å²) in [4.78, 5) is 0. The molecule has 0 aliphatic heterocycles.